The van der Waals surface area contributed by atoms with Gasteiger partial charge in [-0.1, -0.05) is 38.1 Å². The van der Waals surface area contributed by atoms with Crippen molar-refractivity contribution in [2.75, 3.05) is 0 Å². The first-order chi connectivity index (χ1) is 6.50. The highest BCUT2D eigenvalue weighted by Gasteiger charge is 2.51. The second-order valence-electron chi connectivity index (χ2n) is 4.86. The Balaban J connectivity index is 0.00000112. The van der Waals surface area contributed by atoms with Crippen LogP contribution in [0.25, 0.3) is 0 Å². The molecule has 0 nitrogen and oxygen atoms in total. The lowest BCUT2D eigenvalue weighted by Gasteiger charge is -2.06. The fourth-order valence-corrected chi connectivity index (χ4v) is 1.92. The van der Waals surface area contributed by atoms with Crippen LogP contribution in [0.4, 0.5) is 9.09 Å². The maximum Gasteiger partial charge on any atom is 0.115 e. The van der Waals surface area contributed by atoms with Crippen LogP contribution in [0.3, 0.4) is 0 Å². The summed E-state index contributed by atoms with van der Waals surface area (Å²) in [5.41, 5.74) is 1.54. The predicted octanol–water partition coefficient (Wildman–Crippen LogP) is 4.18. The molecule has 2 atom stereocenters. The second-order valence-corrected chi connectivity index (χ2v) is 4.86. The first-order valence-electron chi connectivity index (χ1n) is 5.29. The van der Waals surface area contributed by atoms with E-state index in [2.05, 4.69) is 38.1 Å². The van der Waals surface area contributed by atoms with E-state index in [9.17, 15) is 4.39 Å². The van der Waals surface area contributed by atoms with Gasteiger partial charge in [-0.25, -0.2) is 4.39 Å². The van der Waals surface area contributed by atoms with Gasteiger partial charge < -0.3 is 0 Å². The Labute approximate surface area is 89.9 Å². The Morgan fingerprint density at radius 1 is 1.27 bits per heavy atom. The lowest BCUT2D eigenvalue weighted by molar-refractivity contribution is 0.328. The van der Waals surface area contributed by atoms with Gasteiger partial charge in [0.15, 0.2) is 0 Å². The van der Waals surface area contributed by atoms with Crippen molar-refractivity contribution < 1.29 is 9.09 Å². The number of rotatable bonds is 2. The molecule has 2 rings (SSSR count). The second kappa shape index (κ2) is 3.92. The van der Waals surface area contributed by atoms with Gasteiger partial charge in [-0.05, 0) is 30.4 Å². The predicted molar refractivity (Wildman–Crippen MR) is 59.9 cm³/mol. The zero-order valence-electron chi connectivity index (χ0n) is 9.46. The molecule has 15 heavy (non-hydrogen) atoms. The van der Waals surface area contributed by atoms with E-state index in [1.165, 1.54) is 5.56 Å². The maximum atomic E-state index is 13.4. The number of alkyl halides is 1. The molecule has 1 aromatic rings. The summed E-state index contributed by atoms with van der Waals surface area (Å²) in [4.78, 5) is 0. The molecule has 1 saturated carbocycles. The van der Waals surface area contributed by atoms with Gasteiger partial charge in [0, 0.05) is 5.92 Å². The summed E-state index contributed by atoms with van der Waals surface area (Å²) in [6.07, 6.45) is 0.689. The molecule has 1 aliphatic carbocycles. The van der Waals surface area contributed by atoms with Crippen LogP contribution < -0.4 is 0 Å². The van der Waals surface area contributed by atoms with Gasteiger partial charge in [0.25, 0.3) is 0 Å². The van der Waals surface area contributed by atoms with Gasteiger partial charge in [-0.2, -0.15) is 0 Å². The topological polar surface area (TPSA) is 0 Å². The van der Waals surface area contributed by atoms with Gasteiger partial charge in [0.2, 0.25) is 0 Å². The quantitative estimate of drug-likeness (QED) is 0.690. The van der Waals surface area contributed by atoms with E-state index in [1.54, 1.807) is 6.92 Å². The van der Waals surface area contributed by atoms with Gasteiger partial charge in [-0.3, -0.25) is 4.70 Å². The molecule has 1 aromatic carbocycles. The minimum atomic E-state index is -0.945. The molecular weight excluding hydrogens is 194 g/mol. The molecule has 0 bridgehead atoms. The van der Waals surface area contributed by atoms with Crippen molar-refractivity contribution in [2.45, 2.75) is 44.7 Å². The molecule has 0 spiro atoms. The minimum Gasteiger partial charge on any atom is -0.269 e. The summed E-state index contributed by atoms with van der Waals surface area (Å²) in [6.45, 7) is 6.03. The van der Waals surface area contributed by atoms with Crippen molar-refractivity contribution in [1.29, 1.82) is 0 Å². The maximum absolute atomic E-state index is 13.4. The van der Waals surface area contributed by atoms with Crippen LogP contribution in [0.5, 0.6) is 0 Å². The van der Waals surface area contributed by atoms with E-state index < -0.39 is 5.67 Å². The van der Waals surface area contributed by atoms with Gasteiger partial charge in [0.05, 0.1) is 0 Å². The number of benzene rings is 1. The third-order valence-electron chi connectivity index (χ3n) is 3.18. The summed E-state index contributed by atoms with van der Waals surface area (Å²) >= 11 is 0. The Hall–Kier alpha value is -0.920. The Morgan fingerprint density at radius 2 is 1.73 bits per heavy atom. The summed E-state index contributed by atoms with van der Waals surface area (Å²) in [5.74, 6) is 0.698. The highest BCUT2D eigenvalue weighted by Crippen LogP contribution is 2.54. The third-order valence-corrected chi connectivity index (χ3v) is 3.18. The monoisotopic (exact) mass is 212 g/mol. The first kappa shape index (κ1) is 12.2. The molecule has 0 N–H and O–H groups in total. The Kier molecular flexibility index (Phi) is 3.17. The smallest absolute Gasteiger partial charge is 0.115 e. The molecule has 1 aliphatic rings. The molecule has 0 aliphatic heterocycles. The fourth-order valence-electron chi connectivity index (χ4n) is 1.92. The molecule has 1 fully saturated rings. The molecule has 0 aromatic heterocycles. The molecule has 2 heteroatoms. The van der Waals surface area contributed by atoms with Crippen molar-refractivity contribution in [3.63, 3.8) is 0 Å². The normalized spacial score (nSPS) is 28.7. The highest BCUT2D eigenvalue weighted by molar-refractivity contribution is 5.33. The van der Waals surface area contributed by atoms with Crippen LogP contribution in [0.2, 0.25) is 0 Å². The largest absolute Gasteiger partial charge is 0.269 e. The van der Waals surface area contributed by atoms with E-state index in [0.717, 1.165) is 5.56 Å². The van der Waals surface area contributed by atoms with Crippen molar-refractivity contribution in [3.05, 3.63) is 35.4 Å². The van der Waals surface area contributed by atoms with E-state index in [0.29, 0.717) is 12.3 Å². The van der Waals surface area contributed by atoms with Crippen molar-refractivity contribution in [2.24, 2.45) is 0 Å². The molecule has 0 heterocycles. The van der Waals surface area contributed by atoms with E-state index in [4.69, 9.17) is 0 Å². The molecule has 84 valence electrons. The van der Waals surface area contributed by atoms with Crippen LogP contribution in [0.1, 0.15) is 50.2 Å². The SMILES string of the molecule is CC(C)c1ccc(C2CC2(C)F)cc1.F. The Morgan fingerprint density at radius 3 is 2.07 bits per heavy atom. The average Bonchev–Trinajstić information content (AvgIpc) is 2.75. The van der Waals surface area contributed by atoms with Gasteiger partial charge >= 0.3 is 0 Å². The number of hydrogen-bond acceptors (Lipinski definition) is 0. The highest BCUT2D eigenvalue weighted by atomic mass is 19.1. The minimum absolute atomic E-state index is 0. The lowest BCUT2D eigenvalue weighted by Crippen LogP contribution is -1.95. The van der Waals surface area contributed by atoms with Gasteiger partial charge in [-0.15, -0.1) is 0 Å². The first-order valence-corrected chi connectivity index (χ1v) is 5.29. The van der Waals surface area contributed by atoms with Crippen LogP contribution in [-0.2, 0) is 0 Å². The zero-order chi connectivity index (χ0) is 10.3. The van der Waals surface area contributed by atoms with Crippen LogP contribution in [0.15, 0.2) is 24.3 Å². The molecular formula is C13H18F2. The number of halogens is 2. The third kappa shape index (κ3) is 2.36. The lowest BCUT2D eigenvalue weighted by atomic mass is 10.00. The van der Waals surface area contributed by atoms with Crippen molar-refractivity contribution >= 4 is 0 Å². The summed E-state index contributed by atoms with van der Waals surface area (Å²) < 4.78 is 13.4. The van der Waals surface area contributed by atoms with Crippen LogP contribution in [-0.4, -0.2) is 5.67 Å². The van der Waals surface area contributed by atoms with Crippen molar-refractivity contribution in [3.8, 4) is 0 Å². The number of hydrogen-bond donors (Lipinski definition) is 0. The summed E-state index contributed by atoms with van der Waals surface area (Å²) in [5, 5.41) is 0. The Bertz CT molecular complexity index is 325. The molecule has 0 radical (unpaired) electrons. The fraction of sp³-hybridized carbons (Fsp3) is 0.538. The standard InChI is InChI=1S/C13H17F.FH/c1-9(2)10-4-6-11(7-5-10)12-8-13(12,3)14;/h4-7,9,12H,8H2,1-3H3;1H. The van der Waals surface area contributed by atoms with E-state index in [-0.39, 0.29) is 10.6 Å². The molecule has 0 amide bonds. The van der Waals surface area contributed by atoms with E-state index in [1.807, 2.05) is 0 Å². The van der Waals surface area contributed by atoms with Crippen LogP contribution >= 0.6 is 0 Å². The average molecular weight is 212 g/mol. The van der Waals surface area contributed by atoms with Crippen LogP contribution in [0, 0.1) is 0 Å². The summed E-state index contributed by atoms with van der Waals surface area (Å²) in [7, 11) is 0. The summed E-state index contributed by atoms with van der Waals surface area (Å²) in [6, 6.07) is 8.39. The molecule has 2 unspecified atom stereocenters. The van der Waals surface area contributed by atoms with Crippen molar-refractivity contribution in [1.82, 2.24) is 0 Å². The van der Waals surface area contributed by atoms with Gasteiger partial charge in [0.1, 0.15) is 5.67 Å². The van der Waals surface area contributed by atoms with E-state index >= 15 is 0 Å². The molecule has 0 saturated heterocycles. The zero-order valence-corrected chi connectivity index (χ0v) is 9.46.